The van der Waals surface area contributed by atoms with Crippen LogP contribution in [0, 0.1) is 19.3 Å². The lowest BCUT2D eigenvalue weighted by Crippen LogP contribution is -2.43. The number of aliphatic imine (C=N–C) groups is 1. The first kappa shape index (κ1) is 22.6. The Labute approximate surface area is 173 Å². The third kappa shape index (κ3) is 7.02. The highest BCUT2D eigenvalue weighted by Gasteiger charge is 2.33. The second-order valence-corrected chi connectivity index (χ2v) is 7.97. The van der Waals surface area contributed by atoms with E-state index in [4.69, 9.17) is 4.74 Å². The zero-order chi connectivity index (χ0) is 17.4. The zero-order valence-corrected chi connectivity index (χ0v) is 19.1. The summed E-state index contributed by atoms with van der Waals surface area (Å²) in [5.41, 5.74) is 1.49. The van der Waals surface area contributed by atoms with Crippen LogP contribution < -0.4 is 10.6 Å². The summed E-state index contributed by atoms with van der Waals surface area (Å²) >= 11 is 1.75. The van der Waals surface area contributed by atoms with E-state index in [9.17, 15) is 0 Å². The number of rotatable bonds is 8. The largest absolute Gasteiger partial charge is 0.382 e. The second-order valence-electron chi connectivity index (χ2n) is 6.68. The van der Waals surface area contributed by atoms with Gasteiger partial charge >= 0.3 is 0 Å². The Kier molecular flexibility index (Phi) is 10.3. The number of aromatic nitrogens is 1. The number of hydrogen-bond donors (Lipinski definition) is 2. The Morgan fingerprint density at radius 3 is 2.56 bits per heavy atom. The minimum absolute atomic E-state index is 0. The molecule has 0 unspecified atom stereocenters. The number of nitrogens with one attached hydrogen (secondary N) is 2. The minimum atomic E-state index is 0. The highest BCUT2D eigenvalue weighted by molar-refractivity contribution is 14.0. The Balaban J connectivity index is 0.00000312. The normalized spacial score (nSPS) is 16.6. The van der Waals surface area contributed by atoms with E-state index in [-0.39, 0.29) is 24.0 Å². The molecule has 25 heavy (non-hydrogen) atoms. The number of ether oxygens (including phenoxy) is 1. The van der Waals surface area contributed by atoms with Crippen molar-refractivity contribution in [2.24, 2.45) is 10.4 Å². The Morgan fingerprint density at radius 2 is 2.00 bits per heavy atom. The third-order valence-electron chi connectivity index (χ3n) is 4.98. The molecule has 1 aromatic heterocycles. The molecule has 144 valence electrons. The molecule has 1 fully saturated rings. The molecule has 2 rings (SSSR count). The van der Waals surface area contributed by atoms with Gasteiger partial charge in [0.1, 0.15) is 5.01 Å². The van der Waals surface area contributed by atoms with Crippen LogP contribution in [0.5, 0.6) is 0 Å². The van der Waals surface area contributed by atoms with Gasteiger partial charge < -0.3 is 15.4 Å². The number of halogens is 1. The van der Waals surface area contributed by atoms with Gasteiger partial charge in [0.15, 0.2) is 5.96 Å². The molecular formula is C18H33IN4OS. The molecule has 0 saturated heterocycles. The van der Waals surface area contributed by atoms with Gasteiger partial charge in [-0.05, 0) is 45.4 Å². The summed E-state index contributed by atoms with van der Waals surface area (Å²) in [6.07, 6.45) is 6.37. The van der Waals surface area contributed by atoms with Gasteiger partial charge in [-0.1, -0.05) is 12.8 Å². The molecule has 0 bridgehead atoms. The Hall–Kier alpha value is -0.410. The average Bonchev–Trinajstić information content (AvgIpc) is 3.16. The highest BCUT2D eigenvalue weighted by Crippen LogP contribution is 2.40. The van der Waals surface area contributed by atoms with Gasteiger partial charge in [-0.15, -0.1) is 35.3 Å². The van der Waals surface area contributed by atoms with Crippen molar-refractivity contribution >= 4 is 41.3 Å². The van der Waals surface area contributed by atoms with Crippen LogP contribution in [-0.4, -0.2) is 37.7 Å². The molecule has 0 aliphatic heterocycles. The molecule has 2 N–H and O–H groups in total. The average molecular weight is 480 g/mol. The molecule has 0 aromatic carbocycles. The highest BCUT2D eigenvalue weighted by atomic mass is 127. The van der Waals surface area contributed by atoms with E-state index in [1.165, 1.54) is 30.6 Å². The van der Waals surface area contributed by atoms with Crippen LogP contribution in [0.25, 0.3) is 0 Å². The van der Waals surface area contributed by atoms with Crippen molar-refractivity contribution in [3.63, 3.8) is 0 Å². The van der Waals surface area contributed by atoms with E-state index in [0.29, 0.717) is 5.41 Å². The van der Waals surface area contributed by atoms with Crippen LogP contribution in [0.2, 0.25) is 0 Å². The first-order chi connectivity index (χ1) is 11.6. The fourth-order valence-corrected chi connectivity index (χ4v) is 4.21. The third-order valence-corrected chi connectivity index (χ3v) is 6.05. The standard InChI is InChI=1S/C18H32N4OS.HI/c1-5-23-11-10-18(8-6-7-9-18)13-21-17(19-4)20-12-16-22-14(2)15(3)24-16;/h5-13H2,1-4H3,(H2,19,20,21);1H. The van der Waals surface area contributed by atoms with E-state index < -0.39 is 0 Å². The van der Waals surface area contributed by atoms with Crippen molar-refractivity contribution in [3.8, 4) is 0 Å². The van der Waals surface area contributed by atoms with Crippen LogP contribution in [0.15, 0.2) is 4.99 Å². The van der Waals surface area contributed by atoms with Crippen LogP contribution in [0.3, 0.4) is 0 Å². The maximum absolute atomic E-state index is 5.59. The quantitative estimate of drug-likeness (QED) is 0.255. The summed E-state index contributed by atoms with van der Waals surface area (Å²) < 4.78 is 5.59. The SMILES string of the molecule is CCOCCC1(CNC(=NC)NCc2nc(C)c(C)s2)CCCC1.I. The van der Waals surface area contributed by atoms with Crippen molar-refractivity contribution in [3.05, 3.63) is 15.6 Å². The molecular weight excluding hydrogens is 447 g/mol. The molecule has 1 saturated carbocycles. The van der Waals surface area contributed by atoms with Gasteiger partial charge in [0.25, 0.3) is 0 Å². The first-order valence-corrected chi connectivity index (χ1v) is 9.85. The molecule has 0 amide bonds. The van der Waals surface area contributed by atoms with Crippen molar-refractivity contribution in [2.75, 3.05) is 26.8 Å². The maximum atomic E-state index is 5.59. The fourth-order valence-electron chi connectivity index (χ4n) is 3.34. The van der Waals surface area contributed by atoms with Crippen LogP contribution in [-0.2, 0) is 11.3 Å². The van der Waals surface area contributed by atoms with E-state index in [1.54, 1.807) is 11.3 Å². The summed E-state index contributed by atoms with van der Waals surface area (Å²) in [4.78, 5) is 10.2. The van der Waals surface area contributed by atoms with Gasteiger partial charge in [-0.25, -0.2) is 4.98 Å². The van der Waals surface area contributed by atoms with Gasteiger partial charge in [0.2, 0.25) is 0 Å². The molecule has 0 atom stereocenters. The number of guanidine groups is 1. The fraction of sp³-hybridized carbons (Fsp3) is 0.778. The summed E-state index contributed by atoms with van der Waals surface area (Å²) in [6, 6.07) is 0. The van der Waals surface area contributed by atoms with Gasteiger partial charge in [-0.2, -0.15) is 0 Å². The lowest BCUT2D eigenvalue weighted by molar-refractivity contribution is 0.105. The second kappa shape index (κ2) is 11.3. The molecule has 0 spiro atoms. The van der Waals surface area contributed by atoms with Crippen LogP contribution in [0.1, 0.15) is 54.6 Å². The van der Waals surface area contributed by atoms with Gasteiger partial charge in [-0.3, -0.25) is 4.99 Å². The number of aryl methyl sites for hydroxylation is 2. The van der Waals surface area contributed by atoms with Crippen molar-refractivity contribution in [1.29, 1.82) is 0 Å². The Morgan fingerprint density at radius 1 is 1.28 bits per heavy atom. The smallest absolute Gasteiger partial charge is 0.191 e. The molecule has 1 aliphatic rings. The monoisotopic (exact) mass is 480 g/mol. The first-order valence-electron chi connectivity index (χ1n) is 9.04. The van der Waals surface area contributed by atoms with E-state index >= 15 is 0 Å². The van der Waals surface area contributed by atoms with Crippen molar-refractivity contribution < 1.29 is 4.74 Å². The van der Waals surface area contributed by atoms with Crippen LogP contribution >= 0.6 is 35.3 Å². The Bertz CT molecular complexity index is 522. The molecule has 1 aliphatic carbocycles. The van der Waals surface area contributed by atoms with Crippen LogP contribution in [0.4, 0.5) is 0 Å². The van der Waals surface area contributed by atoms with E-state index in [2.05, 4.69) is 41.4 Å². The number of nitrogens with zero attached hydrogens (tertiary/aromatic N) is 2. The predicted octanol–water partition coefficient (Wildman–Crippen LogP) is 4.03. The molecule has 5 nitrogen and oxygen atoms in total. The van der Waals surface area contributed by atoms with Gasteiger partial charge in [0.05, 0.1) is 12.2 Å². The summed E-state index contributed by atoms with van der Waals surface area (Å²) in [5.74, 6) is 0.864. The summed E-state index contributed by atoms with van der Waals surface area (Å²) in [7, 11) is 1.83. The summed E-state index contributed by atoms with van der Waals surface area (Å²) in [6.45, 7) is 9.60. The lowest BCUT2D eigenvalue weighted by Gasteiger charge is -2.30. The zero-order valence-electron chi connectivity index (χ0n) is 16.0. The van der Waals surface area contributed by atoms with E-state index in [1.807, 2.05) is 7.05 Å². The number of thiazole rings is 1. The van der Waals surface area contributed by atoms with Gasteiger partial charge in [0, 0.05) is 31.7 Å². The number of hydrogen-bond acceptors (Lipinski definition) is 4. The maximum Gasteiger partial charge on any atom is 0.191 e. The van der Waals surface area contributed by atoms with E-state index in [0.717, 1.165) is 49.4 Å². The molecule has 7 heteroatoms. The summed E-state index contributed by atoms with van der Waals surface area (Å²) in [5, 5.41) is 8.03. The minimum Gasteiger partial charge on any atom is -0.382 e. The topological polar surface area (TPSA) is 58.5 Å². The van der Waals surface area contributed by atoms with Crippen molar-refractivity contribution in [2.45, 2.75) is 59.4 Å². The molecule has 1 heterocycles. The predicted molar refractivity (Wildman–Crippen MR) is 117 cm³/mol. The molecule has 1 aromatic rings. The van der Waals surface area contributed by atoms with Crippen molar-refractivity contribution in [1.82, 2.24) is 15.6 Å². The lowest BCUT2D eigenvalue weighted by atomic mass is 9.83. The molecule has 0 radical (unpaired) electrons.